The smallest absolute Gasteiger partial charge is 0.142 e. The van der Waals surface area contributed by atoms with Crippen molar-refractivity contribution in [1.29, 1.82) is 5.26 Å². The number of rotatable bonds is 0. The number of nitriles is 1. The van der Waals surface area contributed by atoms with Gasteiger partial charge in [0.2, 0.25) is 0 Å². The first-order valence-corrected chi connectivity index (χ1v) is 4.62. The van der Waals surface area contributed by atoms with Gasteiger partial charge in [-0.05, 0) is 28.1 Å². The van der Waals surface area contributed by atoms with Crippen LogP contribution >= 0.6 is 15.9 Å². The fourth-order valence-corrected chi connectivity index (χ4v) is 1.68. The molecule has 0 radical (unpaired) electrons. The summed E-state index contributed by atoms with van der Waals surface area (Å²) in [5, 5.41) is 8.78. The van der Waals surface area contributed by atoms with Crippen molar-refractivity contribution in [3.63, 3.8) is 0 Å². The quantitative estimate of drug-likeness (QED) is 0.772. The molecule has 0 saturated carbocycles. The summed E-state index contributed by atoms with van der Waals surface area (Å²) in [6, 6.07) is 5.46. The number of anilines is 1. The van der Waals surface area contributed by atoms with Gasteiger partial charge in [-0.15, -0.1) is 0 Å². The summed E-state index contributed by atoms with van der Waals surface area (Å²) in [7, 11) is 0. The molecule has 0 aliphatic heterocycles. The summed E-state index contributed by atoms with van der Waals surface area (Å²) in [5.41, 5.74) is 7.36. The number of nitrogens with two attached hydrogens (primary N) is 1. The molecule has 2 aromatic rings. The van der Waals surface area contributed by atoms with Gasteiger partial charge >= 0.3 is 0 Å². The Morgan fingerprint density at radius 2 is 2.21 bits per heavy atom. The zero-order valence-electron chi connectivity index (χ0n) is 7.03. The molecule has 1 heterocycles. The lowest BCUT2D eigenvalue weighted by Gasteiger charge is -2.01. The van der Waals surface area contributed by atoms with Crippen LogP contribution in [0, 0.1) is 11.3 Å². The summed E-state index contributed by atoms with van der Waals surface area (Å²) in [6.45, 7) is 0. The topological polar surface area (TPSA) is 75.6 Å². The van der Waals surface area contributed by atoms with Gasteiger partial charge in [-0.2, -0.15) is 5.26 Å². The molecule has 14 heavy (non-hydrogen) atoms. The number of halogens is 1. The minimum Gasteiger partial charge on any atom is -0.382 e. The van der Waals surface area contributed by atoms with Crippen LogP contribution in [0.25, 0.3) is 11.0 Å². The predicted molar refractivity (Wildman–Crippen MR) is 56.4 cm³/mol. The van der Waals surface area contributed by atoms with E-state index in [0.717, 1.165) is 0 Å². The Balaban J connectivity index is 2.85. The molecule has 0 aliphatic rings. The molecule has 0 fully saturated rings. The van der Waals surface area contributed by atoms with Gasteiger partial charge < -0.3 is 5.73 Å². The monoisotopic (exact) mass is 248 g/mol. The first kappa shape index (κ1) is 8.91. The maximum atomic E-state index is 8.78. The van der Waals surface area contributed by atoms with E-state index in [2.05, 4.69) is 32.0 Å². The molecule has 0 unspecified atom stereocenters. The predicted octanol–water partition coefficient (Wildman–Crippen LogP) is 1.85. The molecule has 0 spiro atoms. The summed E-state index contributed by atoms with van der Waals surface area (Å²) < 4.78 is 0.657. The number of aromatic nitrogens is 2. The van der Waals surface area contributed by atoms with E-state index in [0.29, 0.717) is 26.9 Å². The first-order valence-electron chi connectivity index (χ1n) is 3.83. The van der Waals surface area contributed by atoms with Crippen LogP contribution in [0.5, 0.6) is 0 Å². The number of benzene rings is 1. The number of nitrogen functional groups attached to an aromatic ring is 1. The molecule has 2 rings (SSSR count). The number of hydrogen-bond acceptors (Lipinski definition) is 4. The Bertz CT molecular complexity index is 544. The van der Waals surface area contributed by atoms with Crippen LogP contribution in [0.4, 0.5) is 5.82 Å². The maximum Gasteiger partial charge on any atom is 0.142 e. The highest BCUT2D eigenvalue weighted by molar-refractivity contribution is 9.10. The van der Waals surface area contributed by atoms with E-state index >= 15 is 0 Å². The third-order valence-electron chi connectivity index (χ3n) is 1.79. The van der Waals surface area contributed by atoms with Gasteiger partial charge in [0.25, 0.3) is 0 Å². The standard InChI is InChI=1S/C9H5BrN4/c10-8-5(3-11)1-2-6-9(8)13-4-7(12)14-6/h1-2,4H,(H2,12,14). The minimum atomic E-state index is 0.370. The molecule has 0 atom stereocenters. The molecule has 2 N–H and O–H groups in total. The summed E-state index contributed by atoms with van der Waals surface area (Å²) in [4.78, 5) is 8.19. The lowest BCUT2D eigenvalue weighted by molar-refractivity contribution is 1.29. The highest BCUT2D eigenvalue weighted by Crippen LogP contribution is 2.24. The number of hydrogen-bond donors (Lipinski definition) is 1. The third-order valence-corrected chi connectivity index (χ3v) is 2.59. The van der Waals surface area contributed by atoms with Crippen molar-refractivity contribution in [2.75, 3.05) is 5.73 Å². The lowest BCUT2D eigenvalue weighted by Crippen LogP contribution is -1.93. The van der Waals surface area contributed by atoms with Crippen molar-refractivity contribution in [3.8, 4) is 6.07 Å². The second-order valence-corrected chi connectivity index (χ2v) is 3.49. The molecule has 4 nitrogen and oxygen atoms in total. The molecule has 1 aromatic heterocycles. The highest BCUT2D eigenvalue weighted by Gasteiger charge is 2.06. The third kappa shape index (κ3) is 1.30. The second kappa shape index (κ2) is 3.24. The highest BCUT2D eigenvalue weighted by atomic mass is 79.9. The minimum absolute atomic E-state index is 0.370. The van der Waals surface area contributed by atoms with Crippen molar-refractivity contribution in [3.05, 3.63) is 28.4 Å². The lowest BCUT2D eigenvalue weighted by atomic mass is 10.2. The van der Waals surface area contributed by atoms with Crippen LogP contribution in [-0.4, -0.2) is 9.97 Å². The van der Waals surface area contributed by atoms with E-state index in [1.54, 1.807) is 12.1 Å². The van der Waals surface area contributed by atoms with Crippen molar-refractivity contribution < 1.29 is 0 Å². The Hall–Kier alpha value is -1.67. The van der Waals surface area contributed by atoms with Gasteiger partial charge in [0.1, 0.15) is 17.4 Å². The van der Waals surface area contributed by atoms with Gasteiger partial charge in [-0.25, -0.2) is 9.97 Å². The Labute approximate surface area is 88.5 Å². The van der Waals surface area contributed by atoms with E-state index < -0.39 is 0 Å². The average molecular weight is 249 g/mol. The van der Waals surface area contributed by atoms with Crippen LogP contribution in [0.3, 0.4) is 0 Å². The van der Waals surface area contributed by atoms with E-state index in [9.17, 15) is 0 Å². The SMILES string of the molecule is N#Cc1ccc2nc(N)cnc2c1Br. The molecule has 0 bridgehead atoms. The molecule has 1 aromatic carbocycles. The molecule has 68 valence electrons. The summed E-state index contributed by atoms with van der Waals surface area (Å²) in [6.07, 6.45) is 1.47. The Morgan fingerprint density at radius 1 is 1.43 bits per heavy atom. The fourth-order valence-electron chi connectivity index (χ4n) is 1.15. The number of fused-ring (bicyclic) bond motifs is 1. The van der Waals surface area contributed by atoms with E-state index in [1.807, 2.05) is 0 Å². The van der Waals surface area contributed by atoms with E-state index in [1.165, 1.54) is 6.20 Å². The summed E-state index contributed by atoms with van der Waals surface area (Å²) in [5.74, 6) is 0.370. The summed E-state index contributed by atoms with van der Waals surface area (Å²) >= 11 is 3.30. The van der Waals surface area contributed by atoms with Gasteiger partial charge in [-0.1, -0.05) is 0 Å². The average Bonchev–Trinajstić information content (AvgIpc) is 2.18. The molecule has 5 heteroatoms. The van der Waals surface area contributed by atoms with Crippen molar-refractivity contribution in [2.45, 2.75) is 0 Å². The second-order valence-electron chi connectivity index (χ2n) is 2.70. The molecule has 0 aliphatic carbocycles. The van der Waals surface area contributed by atoms with Gasteiger partial charge in [0.15, 0.2) is 0 Å². The molecular formula is C9H5BrN4. The van der Waals surface area contributed by atoms with E-state index in [4.69, 9.17) is 11.0 Å². The Morgan fingerprint density at radius 3 is 2.93 bits per heavy atom. The van der Waals surface area contributed by atoms with Crippen molar-refractivity contribution in [2.24, 2.45) is 0 Å². The van der Waals surface area contributed by atoms with Crippen LogP contribution in [-0.2, 0) is 0 Å². The Kier molecular flexibility index (Phi) is 2.06. The maximum absolute atomic E-state index is 8.78. The normalized spacial score (nSPS) is 10.0. The van der Waals surface area contributed by atoms with Gasteiger partial charge in [0, 0.05) is 0 Å². The van der Waals surface area contributed by atoms with Gasteiger partial charge in [0.05, 0.1) is 21.7 Å². The van der Waals surface area contributed by atoms with Crippen LogP contribution in [0.1, 0.15) is 5.56 Å². The van der Waals surface area contributed by atoms with Crippen LogP contribution in [0.15, 0.2) is 22.8 Å². The largest absolute Gasteiger partial charge is 0.382 e. The fraction of sp³-hybridized carbons (Fsp3) is 0. The zero-order chi connectivity index (χ0) is 10.1. The van der Waals surface area contributed by atoms with Crippen LogP contribution in [0.2, 0.25) is 0 Å². The van der Waals surface area contributed by atoms with Crippen molar-refractivity contribution >= 4 is 32.8 Å². The van der Waals surface area contributed by atoms with Crippen molar-refractivity contribution in [1.82, 2.24) is 9.97 Å². The number of nitrogens with zero attached hydrogens (tertiary/aromatic N) is 3. The first-order chi connectivity index (χ1) is 6.72. The zero-order valence-corrected chi connectivity index (χ0v) is 8.62. The van der Waals surface area contributed by atoms with Gasteiger partial charge in [-0.3, -0.25) is 0 Å². The molecular weight excluding hydrogens is 244 g/mol. The van der Waals surface area contributed by atoms with E-state index in [-0.39, 0.29) is 0 Å². The molecule has 0 amide bonds. The van der Waals surface area contributed by atoms with Crippen LogP contribution < -0.4 is 5.73 Å². The molecule has 0 saturated heterocycles.